The van der Waals surface area contributed by atoms with Crippen LogP contribution in [0.4, 0.5) is 16.4 Å². The van der Waals surface area contributed by atoms with Gasteiger partial charge in [-0.1, -0.05) is 0 Å². The van der Waals surface area contributed by atoms with E-state index in [2.05, 4.69) is 29.8 Å². The maximum Gasteiger partial charge on any atom is 0.409 e. The average molecular weight is 1950 g/mol. The summed E-state index contributed by atoms with van der Waals surface area (Å²) in [6, 6.07) is 1.58. The van der Waals surface area contributed by atoms with Gasteiger partial charge in [-0.2, -0.15) is 4.98 Å². The summed E-state index contributed by atoms with van der Waals surface area (Å²) >= 11 is 0. The predicted molar refractivity (Wildman–Crippen MR) is 475 cm³/mol. The van der Waals surface area contributed by atoms with Crippen LogP contribution in [0.1, 0.15) is 58.9 Å². The summed E-state index contributed by atoms with van der Waals surface area (Å²) in [6.07, 6.45) is -4.86. The number of carbonyl (C=O) groups excluding carboxylic acids is 1. The first-order chi connectivity index (χ1) is 60.9. The number of anilines is 2. The molecule has 50 nitrogen and oxygen atoms in total. The van der Waals surface area contributed by atoms with Crippen LogP contribution in [0.3, 0.4) is 0 Å². The van der Waals surface area contributed by atoms with Gasteiger partial charge < -0.3 is 91.2 Å². The van der Waals surface area contributed by atoms with E-state index in [1.807, 2.05) is 20.8 Å². The number of carbonyl (C=O) groups is 1. The fraction of sp³-hybridized carbons (Fsp3) is 0.808. The largest absolute Gasteiger partial charge is 0.447 e. The number of morpholine rings is 6. The Morgan fingerprint density at radius 1 is 0.488 bits per heavy atom. The summed E-state index contributed by atoms with van der Waals surface area (Å²) in [5.41, 5.74) is 10.9. The van der Waals surface area contributed by atoms with E-state index in [1.54, 1.807) is 126 Å². The van der Waals surface area contributed by atoms with Crippen molar-refractivity contribution in [2.24, 2.45) is 0 Å². The SMILES string of the molecule is Cc1cn([C@H]2CN(P(=O)(OC[C@@H]3CN(P(=O)(OC[C@@H]4CN(P(=O)(OC[C@@H]5CN(P(=O)(OC[C@@H]6CN(C(C)C)C[C@H](n7ccc(N)nc7=O)O6)N(C)C)C[C@H](C)O5)N(C)C)C[C@H](n5cnc6c(N)ncnc65)O4)N(C)C)C[C@H](C)O3)N(C)C)C[C@@H](COP(=O)(N(C)C)N3C[C@@H](COP(=O)(N(C)C)N4CCN(C(=O)OCCOCCOCCO)CC4)O[C@@H](C)C3)O2)c(=O)[nH]c1=O. The van der Waals surface area contributed by atoms with Crippen LogP contribution in [-0.2, 0) is 97.2 Å². The lowest BCUT2D eigenvalue weighted by Crippen LogP contribution is -2.52. The highest BCUT2D eigenvalue weighted by Crippen LogP contribution is 2.61. The van der Waals surface area contributed by atoms with Crippen LogP contribution in [0.15, 0.2) is 45.5 Å². The second-order valence-corrected chi connectivity index (χ2v) is 49.8. The number of aromatic amines is 1. The van der Waals surface area contributed by atoms with Crippen LogP contribution < -0.4 is 28.4 Å². The van der Waals surface area contributed by atoms with Gasteiger partial charge in [-0.25, -0.2) is 85.4 Å². The number of fused-ring (bicyclic) bond motifs is 1. The van der Waals surface area contributed by atoms with Gasteiger partial charge in [0.25, 0.3) is 5.56 Å². The minimum atomic E-state index is -4.28. The van der Waals surface area contributed by atoms with Crippen LogP contribution in [0.2, 0.25) is 0 Å². The molecule has 7 aliphatic rings. The van der Waals surface area contributed by atoms with Gasteiger partial charge in [0, 0.05) is 116 Å². The van der Waals surface area contributed by atoms with Crippen molar-refractivity contribution >= 4 is 74.9 Å². The summed E-state index contributed by atoms with van der Waals surface area (Å²) in [5, 5.41) is 8.89. The molecule has 0 radical (unpaired) electrons. The number of piperazine rings is 1. The van der Waals surface area contributed by atoms with E-state index >= 15 is 22.8 Å². The van der Waals surface area contributed by atoms with E-state index in [9.17, 15) is 23.7 Å². The molecule has 7 aliphatic heterocycles. The molecule has 0 saturated carbocycles. The van der Waals surface area contributed by atoms with Gasteiger partial charge in [0.2, 0.25) is 0 Å². The minimum Gasteiger partial charge on any atom is -0.447 e. The van der Waals surface area contributed by atoms with Crippen molar-refractivity contribution in [3.63, 3.8) is 0 Å². The number of nitrogens with two attached hydrogens (primary N) is 2. The number of nitrogens with one attached hydrogen (secondary N) is 1. The molecule has 6 N–H and O–H groups in total. The zero-order valence-corrected chi connectivity index (χ0v) is 82.4. The van der Waals surface area contributed by atoms with Crippen molar-refractivity contribution in [2.45, 2.75) is 121 Å². The number of amides is 1. The number of aliphatic hydroxyl groups excluding tert-OH is 1. The second-order valence-electron chi connectivity index (χ2n) is 34.2. The predicted octanol–water partition coefficient (Wildman–Crippen LogP) is 2.28. The number of ether oxygens (including phenoxy) is 9. The van der Waals surface area contributed by atoms with E-state index in [1.165, 1.54) is 84.8 Å². The number of nitrogens with zero attached hydrogens (tertiary/aromatic N) is 21. The molecular formula is C73H134N24O26P6. The van der Waals surface area contributed by atoms with Crippen LogP contribution in [0, 0.1) is 6.92 Å². The highest BCUT2D eigenvalue weighted by molar-refractivity contribution is 7.55. The van der Waals surface area contributed by atoms with Gasteiger partial charge >= 0.3 is 63.5 Å². The van der Waals surface area contributed by atoms with Crippen molar-refractivity contribution in [1.82, 2.24) is 104 Å². The first-order valence-electron chi connectivity index (χ1n) is 42.9. The maximum atomic E-state index is 16.1. The Morgan fingerprint density at radius 3 is 1.28 bits per heavy atom. The standard InChI is InChI=1S/C73H134N24O26P6/c1-52(2)88-35-57(121-64(41-88)95-20-19-63(74)79-71(95)100)44-113-125(104,82(9)10)90-32-55(5)119-59(37-90)47-115-129(108,86(17)18)94-40-62(123-66(43-94)97-51-78-67-68(75)76-50-77-69(67)97)49-117-127(106,84(13)14)92-34-56(6)120-60(38-92)46-114-128(107,85(15)16)93-39-61(122-65(42-93)96-31-53(3)70(99)80-72(96)101)48-116-126(105,83(11)12)91-33-54(4)118-58(36-91)45-112-124(103,81(7)8)89-23-21-87(22-24-89)73(102)111-30-29-110-28-27-109-26-25-98/h19-20,31,50-52,54-62,64-66,98H,21-30,32-49H2,1-18H3,(H2,74,79,100)(H2,75,76,77)(H,80,99,101)/t54-,55-,56-,57-,58-,59-,60-,61-,62-,64+,65+,66+,124?,125?,126?,127?,128?,129?/m0/s1. The molecule has 4 aromatic rings. The molecule has 18 atom stereocenters. The van der Waals surface area contributed by atoms with Crippen LogP contribution in [-0.4, -0.2) is 445 Å². The van der Waals surface area contributed by atoms with Gasteiger partial charge in [-0.15, -0.1) is 0 Å². The first-order valence-corrected chi connectivity index (χ1v) is 52.1. The summed E-state index contributed by atoms with van der Waals surface area (Å²) in [5.74, 6) is 0.178. The summed E-state index contributed by atoms with van der Waals surface area (Å²) in [7, 11) is -4.98. The molecule has 11 heterocycles. The second kappa shape index (κ2) is 45.5. The molecule has 0 spiro atoms. The molecule has 0 bridgehead atoms. The van der Waals surface area contributed by atoms with Gasteiger partial charge in [0.15, 0.2) is 23.9 Å². The van der Waals surface area contributed by atoms with Crippen LogP contribution in [0.5, 0.6) is 0 Å². The van der Waals surface area contributed by atoms with Crippen molar-refractivity contribution in [2.75, 3.05) is 280 Å². The molecule has 56 heteroatoms. The van der Waals surface area contributed by atoms with Crippen molar-refractivity contribution in [1.29, 1.82) is 0 Å². The third kappa shape index (κ3) is 25.4. The Hall–Kier alpha value is -4.76. The fourth-order valence-corrected chi connectivity index (χ4v) is 28.3. The van der Waals surface area contributed by atoms with Crippen LogP contribution >= 0.6 is 46.0 Å². The molecule has 0 aromatic carbocycles. The Labute approximate surface area is 752 Å². The monoisotopic (exact) mass is 1950 g/mol. The number of nitrogen functional groups attached to an aromatic ring is 2. The van der Waals surface area contributed by atoms with E-state index in [4.69, 9.17) is 86.3 Å². The van der Waals surface area contributed by atoms with Crippen LogP contribution in [0.25, 0.3) is 11.2 Å². The Balaban J connectivity index is 0.755. The number of aryl methyl sites for hydroxylation is 1. The topological polar surface area (TPSA) is 509 Å². The third-order valence-electron chi connectivity index (χ3n) is 22.7. The van der Waals surface area contributed by atoms with E-state index in [-0.39, 0.29) is 193 Å². The van der Waals surface area contributed by atoms with Gasteiger partial charge in [-0.3, -0.25) is 55.8 Å². The number of rotatable bonds is 42. The molecule has 7 fully saturated rings. The molecule has 0 aliphatic carbocycles. The summed E-state index contributed by atoms with van der Waals surface area (Å²) in [4.78, 5) is 75.7. The number of hydrogen-bond donors (Lipinski definition) is 4. The van der Waals surface area contributed by atoms with E-state index < -0.39 is 149 Å². The molecule has 129 heavy (non-hydrogen) atoms. The lowest BCUT2D eigenvalue weighted by atomic mass is 10.2. The van der Waals surface area contributed by atoms with E-state index in [0.717, 1.165) is 0 Å². The van der Waals surface area contributed by atoms with E-state index in [0.29, 0.717) is 18.7 Å². The zero-order valence-electron chi connectivity index (χ0n) is 77.1. The zero-order chi connectivity index (χ0) is 94.0. The van der Waals surface area contributed by atoms with Crippen molar-refractivity contribution < 1.29 is 107 Å². The van der Waals surface area contributed by atoms with Gasteiger partial charge in [0.05, 0.1) is 147 Å². The third-order valence-corrected chi connectivity index (χ3v) is 38.0. The Kier molecular flexibility index (Phi) is 36.9. The molecular weight excluding hydrogens is 1810 g/mol. The summed E-state index contributed by atoms with van der Waals surface area (Å²) in [6.45, 7) is 11.4. The molecule has 7 saturated heterocycles. The van der Waals surface area contributed by atoms with Gasteiger partial charge in [-0.05, 0) is 132 Å². The van der Waals surface area contributed by atoms with Gasteiger partial charge in [0.1, 0.15) is 30.5 Å². The number of imidazole rings is 1. The first kappa shape index (κ1) is 105. The number of aliphatic hydroxyl groups is 1. The Morgan fingerprint density at radius 2 is 0.868 bits per heavy atom. The highest BCUT2D eigenvalue weighted by Gasteiger charge is 2.52. The Bertz CT molecular complexity index is 4860. The minimum absolute atomic E-state index is 0.0121. The molecule has 4 aromatic heterocycles. The lowest BCUT2D eigenvalue weighted by molar-refractivity contribution is -0.141. The summed E-state index contributed by atoms with van der Waals surface area (Å²) < 4.78 is 211. The quantitative estimate of drug-likeness (QED) is 0.0365. The number of aromatic nitrogens is 8. The normalized spacial score (nSPS) is 28.1. The average Bonchev–Trinajstić information content (AvgIpc) is 1.75. The molecule has 11 rings (SSSR count). The maximum absolute atomic E-state index is 16.1. The fourth-order valence-electron chi connectivity index (χ4n) is 16.1. The number of hydrogen-bond acceptors (Lipinski definition) is 33. The highest BCUT2D eigenvalue weighted by atomic mass is 31.2. The number of H-pyrrole nitrogens is 1. The van der Waals surface area contributed by atoms with Crippen molar-refractivity contribution in [3.8, 4) is 0 Å². The molecule has 732 valence electrons. The molecule has 6 unspecified atom stereocenters. The van der Waals surface area contributed by atoms with Crippen molar-refractivity contribution in [3.05, 3.63) is 68.0 Å². The lowest BCUT2D eigenvalue weighted by Gasteiger charge is -2.46. The smallest absolute Gasteiger partial charge is 0.409 e. The molecule has 1 amide bonds.